The van der Waals surface area contributed by atoms with Gasteiger partial charge in [-0.2, -0.15) is 0 Å². The van der Waals surface area contributed by atoms with E-state index in [-0.39, 0.29) is 5.41 Å². The standard InChI is InChI=1S/C37H49N3O4/c1-24-31(28-12-13-29-23-39(17-14-27(29)21-28)22-26-10-9-11-30(20-26)43-8)33(40-18-15-37(6,7)16-19-40)32(25(2)38-24)34(35(41)42)44-36(3,4)5/h9-13,20-21,34H,14-19,22-23H2,1-8H3,(H,41,42). The Balaban J connectivity index is 1.55. The molecule has 5 rings (SSSR count). The van der Waals surface area contributed by atoms with E-state index in [4.69, 9.17) is 14.5 Å². The van der Waals surface area contributed by atoms with E-state index in [0.717, 1.165) is 80.2 Å². The van der Waals surface area contributed by atoms with Crippen LogP contribution in [0.25, 0.3) is 11.1 Å². The first-order valence-electron chi connectivity index (χ1n) is 15.9. The largest absolute Gasteiger partial charge is 0.497 e. The molecule has 0 spiro atoms. The number of pyridine rings is 1. The Morgan fingerprint density at radius 1 is 1.02 bits per heavy atom. The SMILES string of the molecule is COc1cccc(CN2CCc3cc(-c4c(C)nc(C)c(C(OC(C)(C)C)C(=O)O)c4N4CCC(C)(C)CC4)ccc3C2)c1. The summed E-state index contributed by atoms with van der Waals surface area (Å²) < 4.78 is 11.7. The van der Waals surface area contributed by atoms with Gasteiger partial charge in [-0.1, -0.05) is 44.2 Å². The van der Waals surface area contributed by atoms with Crippen LogP contribution in [0.2, 0.25) is 0 Å². The number of fused-ring (bicyclic) bond motifs is 1. The smallest absolute Gasteiger partial charge is 0.337 e. The Bertz CT molecular complexity index is 1510. The lowest BCUT2D eigenvalue weighted by Gasteiger charge is -2.41. The molecular formula is C37H49N3O4. The summed E-state index contributed by atoms with van der Waals surface area (Å²) in [5.41, 5.74) is 8.95. The van der Waals surface area contributed by atoms with Crippen LogP contribution < -0.4 is 9.64 Å². The molecule has 3 heterocycles. The van der Waals surface area contributed by atoms with Crippen LogP contribution in [-0.4, -0.2) is 53.3 Å². The van der Waals surface area contributed by atoms with Crippen LogP contribution in [0.4, 0.5) is 5.69 Å². The van der Waals surface area contributed by atoms with Crippen molar-refractivity contribution >= 4 is 11.7 Å². The van der Waals surface area contributed by atoms with Crippen molar-refractivity contribution in [3.63, 3.8) is 0 Å². The van der Waals surface area contributed by atoms with E-state index in [2.05, 4.69) is 60.9 Å². The van der Waals surface area contributed by atoms with Crippen molar-refractivity contribution in [2.24, 2.45) is 5.41 Å². The first-order chi connectivity index (χ1) is 20.7. The topological polar surface area (TPSA) is 75.1 Å². The molecule has 0 radical (unpaired) electrons. The maximum Gasteiger partial charge on any atom is 0.337 e. The molecule has 2 aromatic carbocycles. The fourth-order valence-electron chi connectivity index (χ4n) is 6.69. The number of ether oxygens (including phenoxy) is 2. The van der Waals surface area contributed by atoms with Gasteiger partial charge in [-0.15, -0.1) is 0 Å². The van der Waals surface area contributed by atoms with E-state index in [1.165, 1.54) is 16.7 Å². The van der Waals surface area contributed by atoms with Gasteiger partial charge in [0.1, 0.15) is 5.75 Å². The third-order valence-corrected chi connectivity index (χ3v) is 9.10. The molecule has 236 valence electrons. The van der Waals surface area contributed by atoms with Crippen molar-refractivity contribution in [3.05, 3.63) is 76.1 Å². The molecule has 7 nitrogen and oxygen atoms in total. The summed E-state index contributed by atoms with van der Waals surface area (Å²) in [6.45, 7) is 18.8. The highest BCUT2D eigenvalue weighted by Gasteiger charge is 2.36. The number of piperidine rings is 1. The van der Waals surface area contributed by atoms with Gasteiger partial charge >= 0.3 is 5.97 Å². The molecule has 2 aliphatic heterocycles. The molecule has 1 fully saturated rings. The summed E-state index contributed by atoms with van der Waals surface area (Å²) in [5, 5.41) is 10.5. The zero-order valence-electron chi connectivity index (χ0n) is 27.8. The van der Waals surface area contributed by atoms with Crippen molar-refractivity contribution in [2.45, 2.75) is 92.5 Å². The van der Waals surface area contributed by atoms with Crippen molar-refractivity contribution < 1.29 is 19.4 Å². The first kappa shape index (κ1) is 32.0. The number of hydrogen-bond acceptors (Lipinski definition) is 6. The third kappa shape index (κ3) is 7.10. The van der Waals surface area contributed by atoms with Gasteiger partial charge in [-0.25, -0.2) is 4.79 Å². The maximum absolute atomic E-state index is 12.8. The second-order valence-corrected chi connectivity index (χ2v) is 14.3. The average molecular weight is 600 g/mol. The monoisotopic (exact) mass is 599 g/mol. The number of benzene rings is 2. The van der Waals surface area contributed by atoms with Gasteiger partial charge in [0.2, 0.25) is 0 Å². The lowest BCUT2D eigenvalue weighted by molar-refractivity contribution is -0.160. The third-order valence-electron chi connectivity index (χ3n) is 9.10. The Morgan fingerprint density at radius 2 is 1.75 bits per heavy atom. The summed E-state index contributed by atoms with van der Waals surface area (Å²) in [7, 11) is 1.71. The Morgan fingerprint density at radius 3 is 2.41 bits per heavy atom. The number of aromatic nitrogens is 1. The van der Waals surface area contributed by atoms with Gasteiger partial charge in [-0.3, -0.25) is 9.88 Å². The van der Waals surface area contributed by atoms with E-state index < -0.39 is 17.7 Å². The van der Waals surface area contributed by atoms with Crippen molar-refractivity contribution in [1.29, 1.82) is 0 Å². The highest BCUT2D eigenvalue weighted by molar-refractivity contribution is 5.88. The molecule has 1 N–H and O–H groups in total. The average Bonchev–Trinajstić information content (AvgIpc) is 2.95. The van der Waals surface area contributed by atoms with Gasteiger partial charge in [0.25, 0.3) is 0 Å². The zero-order chi connectivity index (χ0) is 31.8. The molecule has 0 bridgehead atoms. The number of carbonyl (C=O) groups is 1. The van der Waals surface area contributed by atoms with Gasteiger partial charge in [0, 0.05) is 55.2 Å². The fourth-order valence-corrected chi connectivity index (χ4v) is 6.69. The van der Waals surface area contributed by atoms with E-state index in [0.29, 0.717) is 11.3 Å². The number of carboxylic acid groups (broad SMARTS) is 1. The van der Waals surface area contributed by atoms with Gasteiger partial charge in [-0.05, 0) is 93.7 Å². The van der Waals surface area contributed by atoms with Crippen LogP contribution in [0.5, 0.6) is 5.75 Å². The molecule has 44 heavy (non-hydrogen) atoms. The van der Waals surface area contributed by atoms with Crippen molar-refractivity contribution in [2.75, 3.05) is 31.6 Å². The van der Waals surface area contributed by atoms with Gasteiger partial charge in [0.15, 0.2) is 6.10 Å². The highest BCUT2D eigenvalue weighted by atomic mass is 16.5. The summed E-state index contributed by atoms with van der Waals surface area (Å²) in [4.78, 5) is 22.7. The highest BCUT2D eigenvalue weighted by Crippen LogP contribution is 2.45. The Labute approximate surface area is 263 Å². The number of methoxy groups -OCH3 is 1. The molecule has 1 atom stereocenters. The number of anilines is 1. The predicted octanol–water partition coefficient (Wildman–Crippen LogP) is 7.50. The van der Waals surface area contributed by atoms with Gasteiger partial charge < -0.3 is 19.5 Å². The molecule has 1 aromatic heterocycles. The van der Waals surface area contributed by atoms with E-state index in [1.54, 1.807) is 7.11 Å². The second kappa shape index (κ2) is 12.5. The summed E-state index contributed by atoms with van der Waals surface area (Å²) in [5.74, 6) is -0.100. The Kier molecular flexibility index (Phi) is 9.11. The minimum atomic E-state index is -1.12. The molecule has 1 unspecified atom stereocenters. The van der Waals surface area contributed by atoms with Crippen LogP contribution >= 0.6 is 0 Å². The first-order valence-corrected chi connectivity index (χ1v) is 15.9. The quantitative estimate of drug-likeness (QED) is 0.287. The summed E-state index contributed by atoms with van der Waals surface area (Å²) >= 11 is 0. The number of aliphatic carboxylic acids is 1. The predicted molar refractivity (Wildman–Crippen MR) is 176 cm³/mol. The fraction of sp³-hybridized carbons (Fsp3) is 0.514. The van der Waals surface area contributed by atoms with Crippen LogP contribution in [0, 0.1) is 19.3 Å². The molecule has 0 saturated carbocycles. The number of nitrogens with zero attached hydrogens (tertiary/aromatic N) is 3. The zero-order valence-corrected chi connectivity index (χ0v) is 27.8. The number of aryl methyl sites for hydroxylation is 2. The van der Waals surface area contributed by atoms with Crippen molar-refractivity contribution in [3.8, 4) is 16.9 Å². The van der Waals surface area contributed by atoms with E-state index in [1.807, 2.05) is 39.8 Å². The number of carboxylic acids is 1. The molecule has 0 amide bonds. The molecule has 1 saturated heterocycles. The lowest BCUT2D eigenvalue weighted by Crippen LogP contribution is -2.39. The summed E-state index contributed by atoms with van der Waals surface area (Å²) in [6, 6.07) is 15.1. The van der Waals surface area contributed by atoms with Crippen LogP contribution in [0.15, 0.2) is 42.5 Å². The van der Waals surface area contributed by atoms with E-state index in [9.17, 15) is 9.90 Å². The number of hydrogen-bond donors (Lipinski definition) is 1. The van der Waals surface area contributed by atoms with Crippen LogP contribution in [-0.2, 0) is 29.0 Å². The second-order valence-electron chi connectivity index (χ2n) is 14.3. The normalized spacial score (nSPS) is 17.7. The Hall–Kier alpha value is -3.42. The minimum absolute atomic E-state index is 0.255. The van der Waals surface area contributed by atoms with Crippen molar-refractivity contribution in [1.82, 2.24) is 9.88 Å². The summed E-state index contributed by atoms with van der Waals surface area (Å²) in [6.07, 6.45) is 1.92. The molecule has 0 aliphatic carbocycles. The lowest BCUT2D eigenvalue weighted by atomic mass is 9.81. The van der Waals surface area contributed by atoms with Crippen LogP contribution in [0.3, 0.4) is 0 Å². The van der Waals surface area contributed by atoms with Gasteiger partial charge in [0.05, 0.1) is 18.4 Å². The molecule has 2 aliphatic rings. The minimum Gasteiger partial charge on any atom is -0.497 e. The van der Waals surface area contributed by atoms with E-state index >= 15 is 0 Å². The number of rotatable bonds is 8. The molecule has 3 aromatic rings. The molecular weight excluding hydrogens is 550 g/mol. The van der Waals surface area contributed by atoms with Crippen LogP contribution in [0.1, 0.15) is 87.2 Å². The maximum atomic E-state index is 12.8. The molecule has 7 heteroatoms.